The van der Waals surface area contributed by atoms with Crippen LogP contribution >= 0.6 is 0 Å². The van der Waals surface area contributed by atoms with Gasteiger partial charge in [-0.15, -0.1) is 0 Å². The van der Waals surface area contributed by atoms with Gasteiger partial charge in [0, 0.05) is 17.8 Å². The van der Waals surface area contributed by atoms with Gasteiger partial charge in [0.15, 0.2) is 5.65 Å². The summed E-state index contributed by atoms with van der Waals surface area (Å²) in [5, 5.41) is 4.18. The Labute approximate surface area is 118 Å². The maximum absolute atomic E-state index is 12.8. The third kappa shape index (κ3) is 2.31. The second-order valence-corrected chi connectivity index (χ2v) is 4.69. The number of halogens is 3. The molecule has 0 unspecified atom stereocenters. The van der Waals surface area contributed by atoms with E-state index >= 15 is 0 Å². The normalized spacial score (nSPS) is 12.0. The third-order valence-electron chi connectivity index (χ3n) is 3.14. The van der Waals surface area contributed by atoms with Crippen LogP contribution in [0, 0.1) is 6.92 Å². The average Bonchev–Trinajstić information content (AvgIpc) is 2.80. The molecule has 0 aliphatic carbocycles. The molecule has 0 aliphatic rings. The molecule has 21 heavy (non-hydrogen) atoms. The summed E-state index contributed by atoms with van der Waals surface area (Å²) >= 11 is 0. The zero-order valence-corrected chi connectivity index (χ0v) is 11.0. The molecule has 0 fully saturated rings. The second kappa shape index (κ2) is 4.47. The van der Waals surface area contributed by atoms with E-state index in [0.717, 1.165) is 17.8 Å². The van der Waals surface area contributed by atoms with Crippen molar-refractivity contribution in [3.8, 4) is 11.1 Å². The van der Waals surface area contributed by atoms with E-state index in [0.29, 0.717) is 16.8 Å². The summed E-state index contributed by atoms with van der Waals surface area (Å²) < 4.78 is 39.7. The maximum atomic E-state index is 12.8. The number of fused-ring (bicyclic) bond motifs is 1. The predicted molar refractivity (Wildman–Crippen MR) is 72.6 cm³/mol. The molecule has 2 aromatic heterocycles. The van der Waals surface area contributed by atoms with Crippen LogP contribution in [0.5, 0.6) is 0 Å². The highest BCUT2D eigenvalue weighted by molar-refractivity contribution is 5.75. The standard InChI is InChI=1S/C14H11F3N4/c1-8-5-12-19-7-11(13(18)21(12)20-8)9-3-2-4-10(6-9)14(15,16)17/h2-7H,18H2,1H3. The molecular weight excluding hydrogens is 281 g/mol. The Morgan fingerprint density at radius 2 is 1.95 bits per heavy atom. The van der Waals surface area contributed by atoms with Gasteiger partial charge in [-0.1, -0.05) is 12.1 Å². The topological polar surface area (TPSA) is 56.2 Å². The van der Waals surface area contributed by atoms with Crippen LogP contribution in [0.2, 0.25) is 0 Å². The number of nitrogens with two attached hydrogens (primary N) is 1. The van der Waals surface area contributed by atoms with Gasteiger partial charge in [0.25, 0.3) is 0 Å². The molecule has 2 heterocycles. The summed E-state index contributed by atoms with van der Waals surface area (Å²) in [5.74, 6) is 0.257. The van der Waals surface area contributed by atoms with Crippen LogP contribution in [-0.4, -0.2) is 14.6 Å². The lowest BCUT2D eigenvalue weighted by atomic mass is 10.0. The van der Waals surface area contributed by atoms with E-state index in [1.165, 1.54) is 16.8 Å². The van der Waals surface area contributed by atoms with Crippen molar-refractivity contribution >= 4 is 11.5 Å². The molecule has 0 atom stereocenters. The number of nitrogen functional groups attached to an aromatic ring is 1. The molecule has 0 amide bonds. The smallest absolute Gasteiger partial charge is 0.383 e. The van der Waals surface area contributed by atoms with E-state index in [1.54, 1.807) is 19.1 Å². The van der Waals surface area contributed by atoms with Crippen LogP contribution in [-0.2, 0) is 6.18 Å². The van der Waals surface area contributed by atoms with Gasteiger partial charge in [0.05, 0.1) is 11.3 Å². The molecule has 0 saturated carbocycles. The fourth-order valence-electron chi connectivity index (χ4n) is 2.15. The van der Waals surface area contributed by atoms with Crippen LogP contribution in [0.4, 0.5) is 19.0 Å². The average molecular weight is 292 g/mol. The van der Waals surface area contributed by atoms with Crippen LogP contribution in [0.3, 0.4) is 0 Å². The van der Waals surface area contributed by atoms with Crippen molar-refractivity contribution in [1.82, 2.24) is 14.6 Å². The first-order valence-corrected chi connectivity index (χ1v) is 6.15. The summed E-state index contributed by atoms with van der Waals surface area (Å²) in [6.45, 7) is 1.79. The number of benzene rings is 1. The Morgan fingerprint density at radius 1 is 1.19 bits per heavy atom. The van der Waals surface area contributed by atoms with Gasteiger partial charge in [-0.25, -0.2) is 4.98 Å². The largest absolute Gasteiger partial charge is 0.416 e. The molecular formula is C14H11F3N4. The molecule has 0 saturated heterocycles. The first kappa shape index (κ1) is 13.4. The molecule has 0 spiro atoms. The molecule has 7 heteroatoms. The minimum absolute atomic E-state index is 0.257. The maximum Gasteiger partial charge on any atom is 0.416 e. The predicted octanol–water partition coefficient (Wildman–Crippen LogP) is 3.31. The fraction of sp³-hybridized carbons (Fsp3) is 0.143. The van der Waals surface area contributed by atoms with Crippen molar-refractivity contribution in [2.45, 2.75) is 13.1 Å². The van der Waals surface area contributed by atoms with Crippen molar-refractivity contribution in [2.24, 2.45) is 0 Å². The summed E-state index contributed by atoms with van der Waals surface area (Å²) in [5.41, 5.74) is 7.33. The Hall–Kier alpha value is -2.57. The first-order chi connectivity index (χ1) is 9.86. The number of hydrogen-bond acceptors (Lipinski definition) is 3. The van der Waals surface area contributed by atoms with Crippen LogP contribution in [0.15, 0.2) is 36.5 Å². The van der Waals surface area contributed by atoms with Crippen LogP contribution in [0.25, 0.3) is 16.8 Å². The zero-order chi connectivity index (χ0) is 15.2. The molecule has 4 nitrogen and oxygen atoms in total. The van der Waals surface area contributed by atoms with Gasteiger partial charge in [-0.3, -0.25) is 0 Å². The number of rotatable bonds is 1. The minimum Gasteiger partial charge on any atom is -0.383 e. The van der Waals surface area contributed by atoms with Gasteiger partial charge < -0.3 is 5.73 Å². The Bertz CT molecular complexity index is 821. The number of anilines is 1. The number of nitrogens with zero attached hydrogens (tertiary/aromatic N) is 3. The number of aromatic nitrogens is 3. The van der Waals surface area contributed by atoms with Crippen LogP contribution in [0.1, 0.15) is 11.3 Å². The monoisotopic (exact) mass is 292 g/mol. The highest BCUT2D eigenvalue weighted by atomic mass is 19.4. The van der Waals surface area contributed by atoms with E-state index in [-0.39, 0.29) is 5.82 Å². The second-order valence-electron chi connectivity index (χ2n) is 4.69. The summed E-state index contributed by atoms with van der Waals surface area (Å²) in [4.78, 5) is 4.17. The Balaban J connectivity index is 2.18. The highest BCUT2D eigenvalue weighted by Crippen LogP contribution is 2.33. The van der Waals surface area contributed by atoms with Crippen LogP contribution < -0.4 is 5.73 Å². The van der Waals surface area contributed by atoms with Crippen molar-refractivity contribution in [2.75, 3.05) is 5.73 Å². The Kier molecular flexibility index (Phi) is 2.86. The SMILES string of the molecule is Cc1cc2ncc(-c3cccc(C(F)(F)F)c3)c(N)n2n1. The molecule has 0 aliphatic heterocycles. The summed E-state index contributed by atoms with van der Waals surface area (Å²) in [6, 6.07) is 6.71. The molecule has 0 bridgehead atoms. The van der Waals surface area contributed by atoms with Gasteiger partial charge in [-0.2, -0.15) is 22.8 Å². The molecule has 0 radical (unpaired) electrons. The molecule has 1 aromatic carbocycles. The molecule has 2 N–H and O–H groups in total. The molecule has 3 rings (SSSR count). The van der Waals surface area contributed by atoms with Crippen molar-refractivity contribution < 1.29 is 13.2 Å². The van der Waals surface area contributed by atoms with Gasteiger partial charge >= 0.3 is 6.18 Å². The summed E-state index contributed by atoms with van der Waals surface area (Å²) in [7, 11) is 0. The minimum atomic E-state index is -4.40. The third-order valence-corrected chi connectivity index (χ3v) is 3.14. The summed E-state index contributed by atoms with van der Waals surface area (Å²) in [6.07, 6.45) is -2.94. The van der Waals surface area contributed by atoms with Gasteiger partial charge in [0.1, 0.15) is 5.82 Å². The van der Waals surface area contributed by atoms with Crippen molar-refractivity contribution in [3.63, 3.8) is 0 Å². The van der Waals surface area contributed by atoms with Crippen molar-refractivity contribution in [3.05, 3.63) is 47.8 Å². The highest BCUT2D eigenvalue weighted by Gasteiger charge is 2.30. The fourth-order valence-corrected chi connectivity index (χ4v) is 2.15. The van der Waals surface area contributed by atoms with Gasteiger partial charge in [-0.05, 0) is 24.6 Å². The Morgan fingerprint density at radius 3 is 2.67 bits per heavy atom. The lowest BCUT2D eigenvalue weighted by molar-refractivity contribution is -0.137. The zero-order valence-electron chi connectivity index (χ0n) is 11.0. The van der Waals surface area contributed by atoms with Crippen molar-refractivity contribution in [1.29, 1.82) is 0 Å². The lowest BCUT2D eigenvalue weighted by Crippen LogP contribution is -2.06. The number of hydrogen-bond donors (Lipinski definition) is 1. The van der Waals surface area contributed by atoms with E-state index in [1.807, 2.05) is 0 Å². The van der Waals surface area contributed by atoms with Gasteiger partial charge in [0.2, 0.25) is 0 Å². The number of aryl methyl sites for hydroxylation is 1. The quantitative estimate of drug-likeness (QED) is 0.748. The first-order valence-electron chi connectivity index (χ1n) is 6.15. The van der Waals surface area contributed by atoms with E-state index in [2.05, 4.69) is 10.1 Å². The molecule has 108 valence electrons. The number of alkyl halides is 3. The van der Waals surface area contributed by atoms with E-state index < -0.39 is 11.7 Å². The van der Waals surface area contributed by atoms with E-state index in [9.17, 15) is 13.2 Å². The lowest BCUT2D eigenvalue weighted by Gasteiger charge is -2.10. The van der Waals surface area contributed by atoms with E-state index in [4.69, 9.17) is 5.73 Å². The molecule has 3 aromatic rings.